The fraction of sp³-hybridized carbons (Fsp3) is 0.105. The Bertz CT molecular complexity index is 1090. The molecule has 0 fully saturated rings. The maximum Gasteiger partial charge on any atom is 0.255 e. The van der Waals surface area contributed by atoms with Gasteiger partial charge < -0.3 is 5.32 Å². The number of carbonyl (C=O) groups excluding carboxylic acids is 1. The molecule has 0 aromatic heterocycles. The smallest absolute Gasteiger partial charge is 0.255 e. The topological polar surface area (TPSA) is 66.5 Å². The van der Waals surface area contributed by atoms with E-state index in [0.717, 1.165) is 15.1 Å². The number of nitrogens with one attached hydrogen (secondary N) is 1. The molecule has 0 aliphatic carbocycles. The van der Waals surface area contributed by atoms with E-state index < -0.39 is 15.9 Å². The van der Waals surface area contributed by atoms with Crippen LogP contribution in [0.15, 0.2) is 65.6 Å². The van der Waals surface area contributed by atoms with Crippen molar-refractivity contribution in [1.29, 1.82) is 0 Å². The molecule has 3 aromatic rings. The highest BCUT2D eigenvalue weighted by Gasteiger charge is 2.22. The Balaban J connectivity index is 1.92. The summed E-state index contributed by atoms with van der Waals surface area (Å²) in [6, 6.07) is 17.6. The first-order valence-electron chi connectivity index (χ1n) is 7.81. The zero-order chi connectivity index (χ0) is 18.9. The molecule has 0 unspecified atom stereocenters. The minimum Gasteiger partial charge on any atom is -0.322 e. The number of halogens is 1. The van der Waals surface area contributed by atoms with Gasteiger partial charge in [-0.3, -0.25) is 4.79 Å². The third-order valence-electron chi connectivity index (χ3n) is 3.96. The molecule has 3 aromatic carbocycles. The summed E-state index contributed by atoms with van der Waals surface area (Å²) in [5, 5.41) is 4.92. The highest BCUT2D eigenvalue weighted by molar-refractivity contribution is 7.89. The number of sulfonamides is 1. The number of anilines is 1. The lowest BCUT2D eigenvalue weighted by Crippen LogP contribution is -2.23. The summed E-state index contributed by atoms with van der Waals surface area (Å²) >= 11 is 6.02. The van der Waals surface area contributed by atoms with Crippen LogP contribution >= 0.6 is 11.6 Å². The van der Waals surface area contributed by atoms with Crippen molar-refractivity contribution in [2.24, 2.45) is 0 Å². The fourth-order valence-corrected chi connectivity index (χ4v) is 3.90. The molecule has 1 N–H and O–H groups in total. The van der Waals surface area contributed by atoms with E-state index in [0.29, 0.717) is 5.69 Å². The first kappa shape index (κ1) is 18.4. The Morgan fingerprint density at radius 2 is 1.65 bits per heavy atom. The van der Waals surface area contributed by atoms with Crippen LogP contribution in [0.1, 0.15) is 10.4 Å². The van der Waals surface area contributed by atoms with Crippen molar-refractivity contribution in [3.05, 3.63) is 71.2 Å². The van der Waals surface area contributed by atoms with Gasteiger partial charge in [-0.25, -0.2) is 12.7 Å². The van der Waals surface area contributed by atoms with Crippen LogP contribution in [0.5, 0.6) is 0 Å². The molecule has 5 nitrogen and oxygen atoms in total. The maximum atomic E-state index is 12.5. The Kier molecular flexibility index (Phi) is 5.00. The molecule has 0 saturated carbocycles. The van der Waals surface area contributed by atoms with E-state index in [-0.39, 0.29) is 15.5 Å². The summed E-state index contributed by atoms with van der Waals surface area (Å²) in [5.41, 5.74) is 0.837. The number of nitrogens with zero attached hydrogens (tertiary/aromatic N) is 1. The van der Waals surface area contributed by atoms with Gasteiger partial charge in [-0.05, 0) is 41.1 Å². The van der Waals surface area contributed by atoms with Crippen LogP contribution in [0, 0.1) is 0 Å². The van der Waals surface area contributed by atoms with Crippen LogP contribution in [-0.4, -0.2) is 32.7 Å². The van der Waals surface area contributed by atoms with E-state index in [9.17, 15) is 13.2 Å². The Labute approximate surface area is 157 Å². The van der Waals surface area contributed by atoms with E-state index in [1.54, 1.807) is 6.07 Å². The first-order valence-corrected chi connectivity index (χ1v) is 9.63. The average Bonchev–Trinajstić information content (AvgIpc) is 2.61. The van der Waals surface area contributed by atoms with Crippen molar-refractivity contribution in [2.75, 3.05) is 19.4 Å². The normalized spacial score (nSPS) is 11.7. The molecule has 0 radical (unpaired) electrons. The summed E-state index contributed by atoms with van der Waals surface area (Å²) < 4.78 is 25.7. The van der Waals surface area contributed by atoms with E-state index in [2.05, 4.69) is 5.32 Å². The van der Waals surface area contributed by atoms with Crippen LogP contribution in [-0.2, 0) is 10.0 Å². The summed E-state index contributed by atoms with van der Waals surface area (Å²) in [5.74, 6) is -0.410. The van der Waals surface area contributed by atoms with Crippen molar-refractivity contribution in [2.45, 2.75) is 4.90 Å². The second kappa shape index (κ2) is 7.07. The highest BCUT2D eigenvalue weighted by Crippen LogP contribution is 2.25. The second-order valence-electron chi connectivity index (χ2n) is 5.95. The molecular weight excluding hydrogens is 372 g/mol. The summed E-state index contributed by atoms with van der Waals surface area (Å²) in [7, 11) is -0.923. The van der Waals surface area contributed by atoms with Gasteiger partial charge in [-0.2, -0.15) is 0 Å². The number of hydrogen-bond acceptors (Lipinski definition) is 3. The van der Waals surface area contributed by atoms with Gasteiger partial charge in [-0.1, -0.05) is 41.9 Å². The Morgan fingerprint density at radius 1 is 0.962 bits per heavy atom. The summed E-state index contributed by atoms with van der Waals surface area (Å²) in [6.07, 6.45) is 0. The first-order chi connectivity index (χ1) is 12.3. The number of hydrogen-bond donors (Lipinski definition) is 1. The monoisotopic (exact) mass is 388 g/mol. The quantitative estimate of drug-likeness (QED) is 0.734. The molecule has 0 aliphatic rings. The van der Waals surface area contributed by atoms with Crippen molar-refractivity contribution in [1.82, 2.24) is 4.31 Å². The van der Waals surface area contributed by atoms with Crippen LogP contribution in [0.3, 0.4) is 0 Å². The van der Waals surface area contributed by atoms with Crippen LogP contribution in [0.4, 0.5) is 5.69 Å². The van der Waals surface area contributed by atoms with Gasteiger partial charge in [0.25, 0.3) is 5.91 Å². The Hall–Kier alpha value is -2.41. The molecule has 26 heavy (non-hydrogen) atoms. The van der Waals surface area contributed by atoms with Gasteiger partial charge in [-0.15, -0.1) is 0 Å². The van der Waals surface area contributed by atoms with E-state index in [4.69, 9.17) is 11.6 Å². The standard InChI is InChI=1S/C19H17ClN2O3S/c1-22(2)26(24,25)18-12-15(8-10-17(18)20)19(23)21-16-9-7-13-5-3-4-6-14(13)11-16/h3-12H,1-2H3,(H,21,23). The summed E-state index contributed by atoms with van der Waals surface area (Å²) in [4.78, 5) is 12.4. The van der Waals surface area contributed by atoms with Crippen LogP contribution in [0.25, 0.3) is 10.8 Å². The van der Waals surface area contributed by atoms with Gasteiger partial charge >= 0.3 is 0 Å². The van der Waals surface area contributed by atoms with Gasteiger partial charge in [0.05, 0.1) is 5.02 Å². The van der Waals surface area contributed by atoms with E-state index in [1.165, 1.54) is 32.3 Å². The molecule has 3 rings (SSSR count). The minimum absolute atomic E-state index is 0.0703. The van der Waals surface area contributed by atoms with Gasteiger partial charge in [0, 0.05) is 25.3 Å². The molecule has 7 heteroatoms. The molecule has 0 spiro atoms. The fourth-order valence-electron chi connectivity index (χ4n) is 2.51. The van der Waals surface area contributed by atoms with Crippen LogP contribution in [0.2, 0.25) is 5.02 Å². The van der Waals surface area contributed by atoms with E-state index in [1.807, 2.05) is 36.4 Å². The largest absolute Gasteiger partial charge is 0.322 e. The molecule has 0 saturated heterocycles. The minimum atomic E-state index is -3.74. The van der Waals surface area contributed by atoms with Crippen molar-refractivity contribution >= 4 is 44.0 Å². The molecular formula is C19H17ClN2O3S. The Morgan fingerprint density at radius 3 is 2.35 bits per heavy atom. The number of benzene rings is 3. The predicted molar refractivity (Wildman–Crippen MR) is 104 cm³/mol. The second-order valence-corrected chi connectivity index (χ2v) is 8.48. The lowest BCUT2D eigenvalue weighted by Gasteiger charge is -2.14. The maximum absolute atomic E-state index is 12.5. The SMILES string of the molecule is CN(C)S(=O)(=O)c1cc(C(=O)Nc2ccc3ccccc3c2)ccc1Cl. The molecule has 134 valence electrons. The molecule has 0 heterocycles. The van der Waals surface area contributed by atoms with Crippen LogP contribution < -0.4 is 5.32 Å². The average molecular weight is 389 g/mol. The van der Waals surface area contributed by atoms with Crippen molar-refractivity contribution in [3.8, 4) is 0 Å². The van der Waals surface area contributed by atoms with Gasteiger partial charge in [0.1, 0.15) is 4.90 Å². The number of fused-ring (bicyclic) bond motifs is 1. The lowest BCUT2D eigenvalue weighted by atomic mass is 10.1. The lowest BCUT2D eigenvalue weighted by molar-refractivity contribution is 0.102. The van der Waals surface area contributed by atoms with Crippen molar-refractivity contribution < 1.29 is 13.2 Å². The number of carbonyl (C=O) groups is 1. The zero-order valence-electron chi connectivity index (χ0n) is 14.2. The summed E-state index contributed by atoms with van der Waals surface area (Å²) in [6.45, 7) is 0. The van der Waals surface area contributed by atoms with E-state index >= 15 is 0 Å². The third-order valence-corrected chi connectivity index (χ3v) is 6.26. The van der Waals surface area contributed by atoms with Gasteiger partial charge in [0.15, 0.2) is 0 Å². The molecule has 0 bridgehead atoms. The molecule has 1 amide bonds. The zero-order valence-corrected chi connectivity index (χ0v) is 15.8. The molecule has 0 atom stereocenters. The van der Waals surface area contributed by atoms with Gasteiger partial charge in [0.2, 0.25) is 10.0 Å². The predicted octanol–water partition coefficient (Wildman–Crippen LogP) is 4.00. The van der Waals surface area contributed by atoms with Crippen molar-refractivity contribution in [3.63, 3.8) is 0 Å². The number of amides is 1. The number of rotatable bonds is 4. The molecule has 0 aliphatic heterocycles. The third kappa shape index (κ3) is 3.58. The highest BCUT2D eigenvalue weighted by atomic mass is 35.5.